The first-order valence-electron chi connectivity index (χ1n) is 6.53. The normalized spacial score (nSPS) is 29.4. The molecule has 2 aliphatic rings. The van der Waals surface area contributed by atoms with Gasteiger partial charge in [-0.25, -0.2) is 0 Å². The number of halogens is 1. The summed E-state index contributed by atoms with van der Waals surface area (Å²) in [4.78, 5) is 3.72. The van der Waals surface area contributed by atoms with Crippen molar-refractivity contribution in [1.29, 1.82) is 0 Å². The zero-order valence-electron chi connectivity index (χ0n) is 11.1. The Morgan fingerprint density at radius 3 is 2.68 bits per heavy atom. The number of hydrogen-bond donors (Lipinski definition) is 1. The van der Waals surface area contributed by atoms with Crippen LogP contribution in [0.25, 0.3) is 5.57 Å². The molecule has 0 aliphatic carbocycles. The number of aliphatic hydroxyl groups is 1. The lowest BCUT2D eigenvalue weighted by atomic mass is 9.81. The Labute approximate surface area is 125 Å². The molecule has 3 atom stereocenters. The third-order valence-corrected chi connectivity index (χ3v) is 4.80. The Balaban J connectivity index is 0.00000133. The van der Waals surface area contributed by atoms with Gasteiger partial charge >= 0.3 is 0 Å². The Morgan fingerprint density at radius 1 is 1.26 bits per heavy atom. The summed E-state index contributed by atoms with van der Waals surface area (Å²) in [7, 11) is 0. The van der Waals surface area contributed by atoms with Crippen molar-refractivity contribution in [3.05, 3.63) is 35.9 Å². The Hall–Kier alpha value is -0.480. The van der Waals surface area contributed by atoms with E-state index in [1.54, 1.807) is 11.8 Å². The summed E-state index contributed by atoms with van der Waals surface area (Å²) in [6.07, 6.45) is 5.13. The second-order valence-electron chi connectivity index (χ2n) is 5.11. The average molecular weight is 298 g/mol. The van der Waals surface area contributed by atoms with Crippen molar-refractivity contribution < 1.29 is 5.11 Å². The van der Waals surface area contributed by atoms with Crippen molar-refractivity contribution in [2.24, 2.45) is 5.92 Å². The Bertz CT molecular complexity index is 460. The van der Waals surface area contributed by atoms with Crippen molar-refractivity contribution in [2.45, 2.75) is 17.4 Å². The summed E-state index contributed by atoms with van der Waals surface area (Å²) < 4.78 is 0. The molecule has 4 heteroatoms. The molecule has 3 unspecified atom stereocenters. The number of rotatable bonds is 2. The lowest BCUT2D eigenvalue weighted by Gasteiger charge is -2.40. The smallest absolute Gasteiger partial charge is 0.0633 e. The Kier molecular flexibility index (Phi) is 4.96. The number of benzene rings is 1. The van der Waals surface area contributed by atoms with E-state index in [4.69, 9.17) is 0 Å². The fourth-order valence-corrected chi connectivity index (χ4v) is 3.38. The summed E-state index contributed by atoms with van der Waals surface area (Å²) >= 11 is 1.77. The van der Waals surface area contributed by atoms with Gasteiger partial charge in [-0.2, -0.15) is 0 Å². The fraction of sp³-hybridized carbons (Fsp3) is 0.467. The standard InChI is InChI=1S/C15H19NOS.ClH/c1-18-12-4-2-11(3-5-12)13-6-8-16-9-7-15(17)14(13)10-16;/h2-6,14-15,17H,7-10H2,1H3;1H. The largest absolute Gasteiger partial charge is 0.392 e. The highest BCUT2D eigenvalue weighted by atomic mass is 35.5. The molecule has 2 aliphatic heterocycles. The van der Waals surface area contributed by atoms with E-state index in [9.17, 15) is 5.11 Å². The summed E-state index contributed by atoms with van der Waals surface area (Å²) in [6, 6.07) is 8.72. The number of nitrogens with zero attached hydrogens (tertiary/aromatic N) is 1. The molecule has 1 aromatic rings. The van der Waals surface area contributed by atoms with Crippen molar-refractivity contribution >= 4 is 29.7 Å². The van der Waals surface area contributed by atoms with E-state index in [0.29, 0.717) is 5.92 Å². The van der Waals surface area contributed by atoms with Crippen molar-refractivity contribution in [2.75, 3.05) is 25.9 Å². The number of fused-ring (bicyclic) bond motifs is 2. The minimum absolute atomic E-state index is 0. The first-order chi connectivity index (χ1) is 8.78. The predicted molar refractivity (Wildman–Crippen MR) is 84.0 cm³/mol. The van der Waals surface area contributed by atoms with Gasteiger partial charge in [0, 0.05) is 30.4 Å². The minimum atomic E-state index is -0.173. The number of aliphatic hydroxyl groups excluding tert-OH is 1. The Morgan fingerprint density at radius 2 is 2.00 bits per heavy atom. The molecule has 1 fully saturated rings. The van der Waals surface area contributed by atoms with E-state index >= 15 is 0 Å². The molecule has 2 nitrogen and oxygen atoms in total. The highest BCUT2D eigenvalue weighted by molar-refractivity contribution is 7.98. The van der Waals surface area contributed by atoms with Gasteiger partial charge in [0.05, 0.1) is 6.10 Å². The van der Waals surface area contributed by atoms with Crippen LogP contribution in [0.4, 0.5) is 0 Å². The summed E-state index contributed by atoms with van der Waals surface area (Å²) in [5.74, 6) is 0.299. The van der Waals surface area contributed by atoms with Crippen molar-refractivity contribution in [3.8, 4) is 0 Å². The molecule has 19 heavy (non-hydrogen) atoms. The zero-order valence-corrected chi connectivity index (χ0v) is 12.7. The van der Waals surface area contributed by atoms with E-state index < -0.39 is 0 Å². The number of piperidine rings is 1. The molecule has 1 saturated heterocycles. The summed E-state index contributed by atoms with van der Waals surface area (Å²) in [5.41, 5.74) is 2.62. The van der Waals surface area contributed by atoms with Gasteiger partial charge < -0.3 is 5.11 Å². The van der Waals surface area contributed by atoms with E-state index in [2.05, 4.69) is 41.5 Å². The first-order valence-corrected chi connectivity index (χ1v) is 7.75. The minimum Gasteiger partial charge on any atom is -0.392 e. The molecule has 0 aromatic heterocycles. The van der Waals surface area contributed by atoms with Crippen LogP contribution in [0.2, 0.25) is 0 Å². The van der Waals surface area contributed by atoms with Gasteiger partial charge in [-0.05, 0) is 35.9 Å². The molecular weight excluding hydrogens is 278 g/mol. The van der Waals surface area contributed by atoms with E-state index in [-0.39, 0.29) is 18.5 Å². The topological polar surface area (TPSA) is 23.5 Å². The van der Waals surface area contributed by atoms with Crippen LogP contribution in [-0.2, 0) is 0 Å². The van der Waals surface area contributed by atoms with Crippen LogP contribution in [-0.4, -0.2) is 42.0 Å². The molecule has 3 rings (SSSR count). The second kappa shape index (κ2) is 6.31. The average Bonchev–Trinajstić information content (AvgIpc) is 2.44. The van der Waals surface area contributed by atoms with Crippen LogP contribution in [0.1, 0.15) is 12.0 Å². The van der Waals surface area contributed by atoms with E-state index in [1.807, 2.05) is 0 Å². The van der Waals surface area contributed by atoms with Gasteiger partial charge in [-0.15, -0.1) is 24.2 Å². The van der Waals surface area contributed by atoms with Crippen LogP contribution >= 0.6 is 24.2 Å². The molecule has 2 heterocycles. The van der Waals surface area contributed by atoms with Gasteiger partial charge in [0.1, 0.15) is 0 Å². The lowest BCUT2D eigenvalue weighted by Crippen LogP contribution is -2.46. The van der Waals surface area contributed by atoms with Crippen LogP contribution in [0, 0.1) is 5.92 Å². The highest BCUT2D eigenvalue weighted by Gasteiger charge is 2.33. The monoisotopic (exact) mass is 297 g/mol. The molecule has 0 radical (unpaired) electrons. The van der Waals surface area contributed by atoms with Crippen molar-refractivity contribution in [1.82, 2.24) is 4.90 Å². The van der Waals surface area contributed by atoms with E-state index in [0.717, 1.165) is 26.1 Å². The van der Waals surface area contributed by atoms with Crippen LogP contribution in [0.15, 0.2) is 35.2 Å². The molecule has 0 amide bonds. The van der Waals surface area contributed by atoms with Crippen LogP contribution in [0.5, 0.6) is 0 Å². The SMILES string of the molecule is CSc1ccc(C2=CCN3CCC(O)C2C3)cc1.Cl. The molecule has 104 valence electrons. The predicted octanol–water partition coefficient (Wildman–Crippen LogP) is 2.91. The maximum absolute atomic E-state index is 10.2. The highest BCUT2D eigenvalue weighted by Crippen LogP contribution is 2.34. The van der Waals surface area contributed by atoms with Gasteiger partial charge in [0.2, 0.25) is 0 Å². The van der Waals surface area contributed by atoms with Gasteiger partial charge in [-0.3, -0.25) is 4.90 Å². The molecule has 1 N–H and O–H groups in total. The summed E-state index contributed by atoms with van der Waals surface area (Å²) in [5, 5.41) is 10.2. The number of hydrogen-bond acceptors (Lipinski definition) is 3. The maximum atomic E-state index is 10.2. The molecule has 1 aromatic carbocycles. The third kappa shape index (κ3) is 3.00. The summed E-state index contributed by atoms with van der Waals surface area (Å²) in [6.45, 7) is 3.08. The first kappa shape index (κ1) is 14.9. The second-order valence-corrected chi connectivity index (χ2v) is 5.99. The van der Waals surface area contributed by atoms with E-state index in [1.165, 1.54) is 16.0 Å². The molecule has 0 spiro atoms. The van der Waals surface area contributed by atoms with Crippen LogP contribution < -0.4 is 0 Å². The van der Waals surface area contributed by atoms with Gasteiger partial charge in [0.25, 0.3) is 0 Å². The number of thioether (sulfide) groups is 1. The van der Waals surface area contributed by atoms with Gasteiger partial charge in [-0.1, -0.05) is 18.2 Å². The zero-order chi connectivity index (χ0) is 12.5. The molecular formula is C15H20ClNOS. The lowest BCUT2D eigenvalue weighted by molar-refractivity contribution is 0.0509. The van der Waals surface area contributed by atoms with Gasteiger partial charge in [0.15, 0.2) is 0 Å². The quantitative estimate of drug-likeness (QED) is 0.849. The van der Waals surface area contributed by atoms with Crippen LogP contribution in [0.3, 0.4) is 0 Å². The fourth-order valence-electron chi connectivity index (χ4n) is 2.97. The molecule has 2 bridgehead atoms. The third-order valence-electron chi connectivity index (χ3n) is 4.05. The maximum Gasteiger partial charge on any atom is 0.0633 e. The molecule has 0 saturated carbocycles. The van der Waals surface area contributed by atoms with Crippen molar-refractivity contribution in [3.63, 3.8) is 0 Å².